The van der Waals surface area contributed by atoms with Gasteiger partial charge in [0.15, 0.2) is 0 Å². The zero-order chi connectivity index (χ0) is 13.3. The highest BCUT2D eigenvalue weighted by Gasteiger charge is 2.22. The van der Waals surface area contributed by atoms with Crippen molar-refractivity contribution in [2.45, 2.75) is 37.2 Å². The number of primary sulfonamides is 1. The van der Waals surface area contributed by atoms with Crippen LogP contribution in [0.15, 0.2) is 29.2 Å². The standard InChI is InChI=1S/C11H19N3O2S/c1-8(12)11(2,3)14-9-4-6-10(7-5-9)17(13,15)16/h4-8,14H,12H2,1-3H3,(H2,13,15,16). The molecule has 0 spiro atoms. The minimum absolute atomic E-state index is 0.0413. The smallest absolute Gasteiger partial charge is 0.238 e. The number of nitrogens with two attached hydrogens (primary N) is 2. The molecule has 17 heavy (non-hydrogen) atoms. The molecule has 0 bridgehead atoms. The number of benzene rings is 1. The van der Waals surface area contributed by atoms with Gasteiger partial charge in [-0.15, -0.1) is 0 Å². The molecule has 0 aliphatic carbocycles. The molecule has 0 aromatic heterocycles. The van der Waals surface area contributed by atoms with Gasteiger partial charge in [0.05, 0.1) is 4.90 Å². The van der Waals surface area contributed by atoms with Crippen LogP contribution >= 0.6 is 0 Å². The highest BCUT2D eigenvalue weighted by atomic mass is 32.2. The number of sulfonamides is 1. The second-order valence-corrected chi connectivity index (χ2v) is 6.27. The average Bonchev–Trinajstić information content (AvgIpc) is 2.16. The topological polar surface area (TPSA) is 98.2 Å². The third-order valence-corrected chi connectivity index (χ3v) is 3.72. The summed E-state index contributed by atoms with van der Waals surface area (Å²) in [5.41, 5.74) is 6.37. The van der Waals surface area contributed by atoms with Crippen LogP contribution in [0.3, 0.4) is 0 Å². The van der Waals surface area contributed by atoms with E-state index in [2.05, 4.69) is 5.32 Å². The van der Waals surface area contributed by atoms with E-state index in [0.717, 1.165) is 5.69 Å². The van der Waals surface area contributed by atoms with Gasteiger partial charge in [0.1, 0.15) is 0 Å². The maximum atomic E-state index is 11.1. The molecule has 5 nitrogen and oxygen atoms in total. The van der Waals surface area contributed by atoms with Crippen molar-refractivity contribution in [2.24, 2.45) is 10.9 Å². The molecule has 0 radical (unpaired) electrons. The Hall–Kier alpha value is -1.11. The highest BCUT2D eigenvalue weighted by Crippen LogP contribution is 2.19. The molecule has 0 amide bonds. The van der Waals surface area contributed by atoms with Crippen molar-refractivity contribution < 1.29 is 8.42 Å². The number of rotatable bonds is 4. The number of anilines is 1. The SMILES string of the molecule is CC(N)C(C)(C)Nc1ccc(S(N)(=O)=O)cc1. The number of hydrogen-bond donors (Lipinski definition) is 3. The van der Waals surface area contributed by atoms with Gasteiger partial charge in [-0.1, -0.05) is 0 Å². The number of hydrogen-bond acceptors (Lipinski definition) is 4. The lowest BCUT2D eigenvalue weighted by molar-refractivity contribution is 0.471. The summed E-state index contributed by atoms with van der Waals surface area (Å²) in [6.07, 6.45) is 0. The Kier molecular flexibility index (Phi) is 3.81. The summed E-state index contributed by atoms with van der Waals surface area (Å²) in [6.45, 7) is 5.86. The van der Waals surface area contributed by atoms with E-state index in [-0.39, 0.29) is 16.5 Å². The summed E-state index contributed by atoms with van der Waals surface area (Å²) >= 11 is 0. The molecule has 96 valence electrons. The Morgan fingerprint density at radius 3 is 2.06 bits per heavy atom. The second-order valence-electron chi connectivity index (χ2n) is 4.70. The van der Waals surface area contributed by atoms with E-state index >= 15 is 0 Å². The molecule has 0 aliphatic rings. The quantitative estimate of drug-likeness (QED) is 0.745. The van der Waals surface area contributed by atoms with Crippen molar-refractivity contribution >= 4 is 15.7 Å². The van der Waals surface area contributed by atoms with Crippen LogP contribution in [0.2, 0.25) is 0 Å². The van der Waals surface area contributed by atoms with Crippen LogP contribution < -0.4 is 16.2 Å². The minimum atomic E-state index is -3.63. The molecule has 1 atom stereocenters. The normalized spacial score (nSPS) is 14.4. The fraction of sp³-hybridized carbons (Fsp3) is 0.455. The monoisotopic (exact) mass is 257 g/mol. The average molecular weight is 257 g/mol. The Morgan fingerprint density at radius 2 is 1.71 bits per heavy atom. The van der Waals surface area contributed by atoms with Crippen molar-refractivity contribution in [1.29, 1.82) is 0 Å². The first kappa shape index (κ1) is 14.0. The molecular weight excluding hydrogens is 238 g/mol. The van der Waals surface area contributed by atoms with E-state index in [4.69, 9.17) is 10.9 Å². The van der Waals surface area contributed by atoms with Crippen LogP contribution in [0.25, 0.3) is 0 Å². The van der Waals surface area contributed by atoms with Crippen LogP contribution in [0.5, 0.6) is 0 Å². The zero-order valence-corrected chi connectivity index (χ0v) is 11.1. The summed E-state index contributed by atoms with van der Waals surface area (Å²) < 4.78 is 22.2. The zero-order valence-electron chi connectivity index (χ0n) is 10.3. The molecule has 0 heterocycles. The van der Waals surface area contributed by atoms with Crippen molar-refractivity contribution in [2.75, 3.05) is 5.32 Å². The molecule has 1 aromatic rings. The van der Waals surface area contributed by atoms with Crippen molar-refractivity contribution in [3.8, 4) is 0 Å². The predicted molar refractivity (Wildman–Crippen MR) is 69.2 cm³/mol. The van der Waals surface area contributed by atoms with E-state index in [0.29, 0.717) is 0 Å². The minimum Gasteiger partial charge on any atom is -0.379 e. The fourth-order valence-electron chi connectivity index (χ4n) is 1.21. The molecule has 1 unspecified atom stereocenters. The molecule has 0 fully saturated rings. The Bertz CT molecular complexity index is 478. The summed E-state index contributed by atoms with van der Waals surface area (Å²) in [6, 6.07) is 6.23. The van der Waals surface area contributed by atoms with Crippen molar-refractivity contribution in [3.05, 3.63) is 24.3 Å². The van der Waals surface area contributed by atoms with Gasteiger partial charge in [-0.05, 0) is 45.0 Å². The summed E-state index contributed by atoms with van der Waals surface area (Å²) in [4.78, 5) is 0.0988. The van der Waals surface area contributed by atoms with Gasteiger partial charge >= 0.3 is 0 Å². The second kappa shape index (κ2) is 4.64. The molecule has 0 saturated carbocycles. The van der Waals surface area contributed by atoms with Gasteiger partial charge in [0, 0.05) is 17.3 Å². The first-order valence-electron chi connectivity index (χ1n) is 5.29. The third kappa shape index (κ3) is 3.69. The molecular formula is C11H19N3O2S. The molecule has 6 heteroatoms. The lowest BCUT2D eigenvalue weighted by Gasteiger charge is -2.31. The number of nitrogens with one attached hydrogen (secondary N) is 1. The summed E-state index contributed by atoms with van der Waals surface area (Å²) in [5.74, 6) is 0. The van der Waals surface area contributed by atoms with Gasteiger partial charge in [-0.2, -0.15) is 0 Å². The fourth-order valence-corrected chi connectivity index (χ4v) is 1.73. The first-order chi connectivity index (χ1) is 7.63. The van der Waals surface area contributed by atoms with Gasteiger partial charge in [-0.25, -0.2) is 13.6 Å². The Morgan fingerprint density at radius 1 is 1.24 bits per heavy atom. The molecule has 5 N–H and O–H groups in total. The first-order valence-corrected chi connectivity index (χ1v) is 6.84. The highest BCUT2D eigenvalue weighted by molar-refractivity contribution is 7.89. The molecule has 1 aromatic carbocycles. The molecule has 0 aliphatic heterocycles. The van der Waals surface area contributed by atoms with Crippen molar-refractivity contribution in [3.63, 3.8) is 0 Å². The van der Waals surface area contributed by atoms with Crippen molar-refractivity contribution in [1.82, 2.24) is 0 Å². The van der Waals surface area contributed by atoms with Gasteiger partial charge in [0.2, 0.25) is 10.0 Å². The molecule has 1 rings (SSSR count). The Balaban J connectivity index is 2.90. The summed E-state index contributed by atoms with van der Waals surface area (Å²) in [7, 11) is -3.63. The largest absolute Gasteiger partial charge is 0.379 e. The predicted octanol–water partition coefficient (Wildman–Crippen LogP) is 0.872. The van der Waals surface area contributed by atoms with E-state index in [1.165, 1.54) is 12.1 Å². The van der Waals surface area contributed by atoms with Gasteiger partial charge in [0.25, 0.3) is 0 Å². The van der Waals surface area contributed by atoms with E-state index in [1.54, 1.807) is 12.1 Å². The summed E-state index contributed by atoms with van der Waals surface area (Å²) in [5, 5.41) is 8.25. The maximum Gasteiger partial charge on any atom is 0.238 e. The van der Waals surface area contributed by atoms with Crippen LogP contribution in [-0.2, 0) is 10.0 Å². The van der Waals surface area contributed by atoms with Crippen LogP contribution in [-0.4, -0.2) is 20.0 Å². The van der Waals surface area contributed by atoms with Gasteiger partial charge in [-0.3, -0.25) is 0 Å². The lowest BCUT2D eigenvalue weighted by Crippen LogP contribution is -2.47. The van der Waals surface area contributed by atoms with Crippen LogP contribution in [0.1, 0.15) is 20.8 Å². The Labute approximate surface area is 102 Å². The van der Waals surface area contributed by atoms with Crippen LogP contribution in [0, 0.1) is 0 Å². The van der Waals surface area contributed by atoms with E-state index in [9.17, 15) is 8.42 Å². The third-order valence-electron chi connectivity index (χ3n) is 2.79. The van der Waals surface area contributed by atoms with E-state index in [1.807, 2.05) is 20.8 Å². The lowest BCUT2D eigenvalue weighted by atomic mass is 9.96. The maximum absolute atomic E-state index is 11.1. The van der Waals surface area contributed by atoms with Crippen LogP contribution in [0.4, 0.5) is 5.69 Å². The van der Waals surface area contributed by atoms with Gasteiger partial charge < -0.3 is 11.1 Å². The molecule has 0 saturated heterocycles. The van der Waals surface area contributed by atoms with E-state index < -0.39 is 10.0 Å².